The predicted molar refractivity (Wildman–Crippen MR) is 87.2 cm³/mol. The Bertz CT molecular complexity index is 926. The van der Waals surface area contributed by atoms with E-state index in [1.807, 2.05) is 12.4 Å². The molecule has 0 aliphatic heterocycles. The number of thiazole rings is 1. The average Bonchev–Trinajstić information content (AvgIpc) is 3.11. The Morgan fingerprint density at radius 1 is 1.29 bits per heavy atom. The quantitative estimate of drug-likeness (QED) is 0.542. The third-order valence-electron chi connectivity index (χ3n) is 3.39. The van der Waals surface area contributed by atoms with Crippen molar-refractivity contribution in [1.29, 1.82) is 0 Å². The molecule has 0 saturated heterocycles. The fraction of sp³-hybridized carbons (Fsp3) is 0.133. The molecule has 104 valence electrons. The summed E-state index contributed by atoms with van der Waals surface area (Å²) in [4.78, 5) is 13.1. The van der Waals surface area contributed by atoms with Gasteiger partial charge in [0.15, 0.2) is 9.99 Å². The smallest absolute Gasteiger partial charge is 0.155 e. The zero-order chi connectivity index (χ0) is 14.2. The van der Waals surface area contributed by atoms with E-state index in [4.69, 9.17) is 0 Å². The van der Waals surface area contributed by atoms with E-state index in [-0.39, 0.29) is 0 Å². The molecule has 0 atom stereocenters. The van der Waals surface area contributed by atoms with Gasteiger partial charge in [-0.05, 0) is 24.0 Å². The van der Waals surface area contributed by atoms with E-state index in [2.05, 4.69) is 43.8 Å². The van der Waals surface area contributed by atoms with E-state index >= 15 is 0 Å². The van der Waals surface area contributed by atoms with Crippen molar-refractivity contribution in [3.05, 3.63) is 54.2 Å². The molecule has 0 radical (unpaired) electrons. The van der Waals surface area contributed by atoms with E-state index in [0.717, 1.165) is 21.9 Å². The first kappa shape index (κ1) is 12.8. The van der Waals surface area contributed by atoms with Crippen LogP contribution in [0.1, 0.15) is 11.3 Å². The van der Waals surface area contributed by atoms with Crippen molar-refractivity contribution in [2.75, 3.05) is 6.26 Å². The van der Waals surface area contributed by atoms with Gasteiger partial charge in [-0.15, -0.1) is 11.3 Å². The minimum atomic E-state index is 0.855. The Morgan fingerprint density at radius 2 is 2.24 bits per heavy atom. The number of thioether (sulfide) groups is 1. The fourth-order valence-corrected chi connectivity index (χ4v) is 3.93. The van der Waals surface area contributed by atoms with Gasteiger partial charge < -0.3 is 4.40 Å². The first-order valence-corrected chi connectivity index (χ1v) is 8.57. The van der Waals surface area contributed by atoms with Crippen molar-refractivity contribution in [2.24, 2.45) is 0 Å². The molecule has 1 aromatic carbocycles. The second kappa shape index (κ2) is 5.13. The van der Waals surface area contributed by atoms with Crippen molar-refractivity contribution in [1.82, 2.24) is 19.4 Å². The van der Waals surface area contributed by atoms with Gasteiger partial charge in [-0.25, -0.2) is 9.97 Å². The van der Waals surface area contributed by atoms with Gasteiger partial charge in [0.25, 0.3) is 0 Å². The second-order valence-corrected chi connectivity index (χ2v) is 6.80. The first-order valence-electron chi connectivity index (χ1n) is 6.53. The van der Waals surface area contributed by atoms with Gasteiger partial charge in [-0.3, -0.25) is 4.98 Å². The summed E-state index contributed by atoms with van der Waals surface area (Å²) in [6.07, 6.45) is 10.4. The maximum atomic E-state index is 4.57. The molecule has 3 heterocycles. The van der Waals surface area contributed by atoms with Crippen LogP contribution in [0, 0.1) is 0 Å². The summed E-state index contributed by atoms with van der Waals surface area (Å²) in [6.45, 7) is 0. The van der Waals surface area contributed by atoms with Crippen LogP contribution >= 0.6 is 23.1 Å². The van der Waals surface area contributed by atoms with E-state index in [1.54, 1.807) is 35.5 Å². The summed E-state index contributed by atoms with van der Waals surface area (Å²) < 4.78 is 4.44. The molecule has 0 saturated carbocycles. The number of benzene rings is 1. The number of aromatic nitrogens is 4. The van der Waals surface area contributed by atoms with Crippen LogP contribution in [0.2, 0.25) is 0 Å². The van der Waals surface area contributed by atoms with Crippen molar-refractivity contribution < 1.29 is 0 Å². The van der Waals surface area contributed by atoms with Gasteiger partial charge in [0.1, 0.15) is 0 Å². The number of rotatable bonds is 3. The normalized spacial score (nSPS) is 11.5. The van der Waals surface area contributed by atoms with Crippen LogP contribution in [-0.2, 0) is 6.42 Å². The maximum absolute atomic E-state index is 4.57. The summed E-state index contributed by atoms with van der Waals surface area (Å²) in [7, 11) is 0. The highest BCUT2D eigenvalue weighted by atomic mass is 32.2. The lowest BCUT2D eigenvalue weighted by Crippen LogP contribution is -1.94. The lowest BCUT2D eigenvalue weighted by atomic mass is 10.1. The zero-order valence-electron chi connectivity index (χ0n) is 11.4. The van der Waals surface area contributed by atoms with Crippen LogP contribution in [0.25, 0.3) is 15.9 Å². The number of imidazole rings is 1. The van der Waals surface area contributed by atoms with E-state index < -0.39 is 0 Å². The standard InChI is InChI=1S/C15H12N4S2/c1-20-15-18-12-3-2-10(7-13(12)21-15)6-11-8-17-14-9-16-4-5-19(11)14/h2-5,7-9H,6H2,1H3. The first-order chi connectivity index (χ1) is 10.3. The van der Waals surface area contributed by atoms with Gasteiger partial charge in [0.05, 0.1) is 16.4 Å². The highest BCUT2D eigenvalue weighted by Gasteiger charge is 2.07. The topological polar surface area (TPSA) is 43.1 Å². The van der Waals surface area contributed by atoms with Gasteiger partial charge in [-0.1, -0.05) is 17.8 Å². The van der Waals surface area contributed by atoms with Crippen LogP contribution in [-0.4, -0.2) is 25.6 Å². The van der Waals surface area contributed by atoms with Gasteiger partial charge >= 0.3 is 0 Å². The van der Waals surface area contributed by atoms with Crippen LogP contribution in [0.3, 0.4) is 0 Å². The lowest BCUT2D eigenvalue weighted by Gasteiger charge is -2.02. The molecule has 0 amide bonds. The molecule has 6 heteroatoms. The van der Waals surface area contributed by atoms with Gasteiger partial charge in [-0.2, -0.15) is 0 Å². The predicted octanol–water partition coefficient (Wildman–Crippen LogP) is 3.65. The average molecular weight is 312 g/mol. The molecule has 3 aromatic heterocycles. The Balaban J connectivity index is 1.73. The third kappa shape index (κ3) is 2.30. The molecule has 0 N–H and O–H groups in total. The molecule has 0 aliphatic carbocycles. The number of fused-ring (bicyclic) bond motifs is 2. The molecule has 4 rings (SSSR count). The van der Waals surface area contributed by atoms with Crippen molar-refractivity contribution >= 4 is 39.0 Å². The largest absolute Gasteiger partial charge is 0.301 e. The molecule has 0 bridgehead atoms. The Hall–Kier alpha value is -1.92. The maximum Gasteiger partial charge on any atom is 0.155 e. The van der Waals surface area contributed by atoms with Crippen LogP contribution in [0.15, 0.2) is 47.3 Å². The van der Waals surface area contributed by atoms with E-state index in [1.165, 1.54) is 16.0 Å². The molecule has 0 spiro atoms. The summed E-state index contributed by atoms with van der Waals surface area (Å²) in [6, 6.07) is 6.48. The van der Waals surface area contributed by atoms with Crippen molar-refractivity contribution in [3.8, 4) is 0 Å². The molecule has 4 aromatic rings. The molecule has 0 aliphatic rings. The van der Waals surface area contributed by atoms with Crippen LogP contribution in [0.5, 0.6) is 0 Å². The van der Waals surface area contributed by atoms with E-state index in [0.29, 0.717) is 0 Å². The second-order valence-electron chi connectivity index (χ2n) is 4.72. The summed E-state index contributed by atoms with van der Waals surface area (Å²) in [5.74, 6) is 0. The molecule has 0 fully saturated rings. The minimum Gasteiger partial charge on any atom is -0.301 e. The third-order valence-corrected chi connectivity index (χ3v) is 5.39. The summed E-state index contributed by atoms with van der Waals surface area (Å²) >= 11 is 3.44. The minimum absolute atomic E-state index is 0.855. The number of nitrogens with zero attached hydrogens (tertiary/aromatic N) is 4. The molecular weight excluding hydrogens is 300 g/mol. The van der Waals surface area contributed by atoms with E-state index in [9.17, 15) is 0 Å². The Morgan fingerprint density at radius 3 is 3.14 bits per heavy atom. The van der Waals surface area contributed by atoms with Crippen LogP contribution < -0.4 is 0 Å². The lowest BCUT2D eigenvalue weighted by molar-refractivity contribution is 1.01. The monoisotopic (exact) mass is 312 g/mol. The summed E-state index contributed by atoms with van der Waals surface area (Å²) in [5, 5.41) is 0. The van der Waals surface area contributed by atoms with Crippen molar-refractivity contribution in [3.63, 3.8) is 0 Å². The zero-order valence-corrected chi connectivity index (χ0v) is 13.0. The Kier molecular flexibility index (Phi) is 3.12. The molecular formula is C15H12N4S2. The molecule has 0 unspecified atom stereocenters. The van der Waals surface area contributed by atoms with Crippen molar-refractivity contribution in [2.45, 2.75) is 10.8 Å². The SMILES string of the molecule is CSc1nc2ccc(Cc3cnc4cnccn34)cc2s1. The Labute approximate surface area is 129 Å². The fourth-order valence-electron chi connectivity index (χ4n) is 2.38. The highest BCUT2D eigenvalue weighted by molar-refractivity contribution is 8.00. The van der Waals surface area contributed by atoms with Gasteiger partial charge in [0, 0.05) is 30.7 Å². The van der Waals surface area contributed by atoms with Gasteiger partial charge in [0.2, 0.25) is 0 Å². The molecule has 21 heavy (non-hydrogen) atoms. The number of hydrogen-bond donors (Lipinski definition) is 0. The summed E-state index contributed by atoms with van der Waals surface area (Å²) in [5.41, 5.74) is 4.41. The number of hydrogen-bond acceptors (Lipinski definition) is 5. The molecule has 4 nitrogen and oxygen atoms in total. The highest BCUT2D eigenvalue weighted by Crippen LogP contribution is 2.29. The van der Waals surface area contributed by atoms with Crippen LogP contribution in [0.4, 0.5) is 0 Å².